The number of piperazine rings is 1. The van der Waals surface area contributed by atoms with Crippen molar-refractivity contribution in [3.63, 3.8) is 0 Å². The molecule has 1 fully saturated rings. The molecule has 1 saturated heterocycles. The Bertz CT molecular complexity index is 793. The molecule has 0 saturated carbocycles. The molecule has 0 N–H and O–H groups in total. The topological polar surface area (TPSA) is 47.3 Å². The van der Waals surface area contributed by atoms with Crippen molar-refractivity contribution in [2.24, 2.45) is 0 Å². The summed E-state index contributed by atoms with van der Waals surface area (Å²) in [4.78, 5) is 16.5. The molecular formula is C18H15BrClN3O. The fourth-order valence-electron chi connectivity index (χ4n) is 2.80. The highest BCUT2D eigenvalue weighted by Gasteiger charge is 2.23. The van der Waals surface area contributed by atoms with E-state index in [4.69, 9.17) is 11.6 Å². The molecular weight excluding hydrogens is 390 g/mol. The van der Waals surface area contributed by atoms with Crippen LogP contribution in [0.2, 0.25) is 5.02 Å². The Kier molecular flexibility index (Phi) is 5.08. The average molecular weight is 405 g/mol. The van der Waals surface area contributed by atoms with Crippen molar-refractivity contribution in [1.29, 1.82) is 5.26 Å². The molecule has 0 atom stereocenters. The molecule has 24 heavy (non-hydrogen) atoms. The first kappa shape index (κ1) is 16.8. The van der Waals surface area contributed by atoms with Crippen molar-refractivity contribution in [3.05, 3.63) is 63.1 Å². The number of halogens is 2. The third-order valence-corrected chi connectivity index (χ3v) is 4.84. The lowest BCUT2D eigenvalue weighted by Gasteiger charge is -2.36. The quantitative estimate of drug-likeness (QED) is 0.762. The van der Waals surface area contributed by atoms with Crippen LogP contribution >= 0.6 is 27.5 Å². The zero-order valence-electron chi connectivity index (χ0n) is 12.9. The van der Waals surface area contributed by atoms with E-state index in [0.29, 0.717) is 42.3 Å². The van der Waals surface area contributed by atoms with Crippen LogP contribution in [0.1, 0.15) is 15.9 Å². The second-order valence-electron chi connectivity index (χ2n) is 5.56. The van der Waals surface area contributed by atoms with Crippen molar-refractivity contribution in [1.82, 2.24) is 4.90 Å². The van der Waals surface area contributed by atoms with E-state index in [1.807, 2.05) is 35.2 Å². The minimum absolute atomic E-state index is 0.0405. The standard InChI is InChI=1S/C18H15BrClN3O/c19-15-3-1-13(2-4-15)18(24)23-9-7-22(8-10-23)17-6-5-16(20)11-14(17)12-21/h1-6,11H,7-10H2. The second kappa shape index (κ2) is 7.25. The molecule has 4 nitrogen and oxygen atoms in total. The molecule has 2 aromatic carbocycles. The van der Waals surface area contributed by atoms with E-state index in [1.54, 1.807) is 12.1 Å². The van der Waals surface area contributed by atoms with Gasteiger partial charge in [0.25, 0.3) is 5.91 Å². The molecule has 0 aliphatic carbocycles. The Labute approximate surface area is 154 Å². The Morgan fingerprint density at radius 3 is 2.38 bits per heavy atom. The summed E-state index contributed by atoms with van der Waals surface area (Å²) in [5.41, 5.74) is 2.13. The fourth-order valence-corrected chi connectivity index (χ4v) is 3.24. The second-order valence-corrected chi connectivity index (χ2v) is 6.91. The Hall–Kier alpha value is -2.03. The number of hydrogen-bond donors (Lipinski definition) is 0. The van der Waals surface area contributed by atoms with Gasteiger partial charge in [-0.05, 0) is 42.5 Å². The van der Waals surface area contributed by atoms with Gasteiger partial charge in [-0.15, -0.1) is 0 Å². The molecule has 1 amide bonds. The number of anilines is 1. The van der Waals surface area contributed by atoms with Gasteiger partial charge in [0.05, 0.1) is 11.3 Å². The van der Waals surface area contributed by atoms with Crippen LogP contribution in [-0.4, -0.2) is 37.0 Å². The summed E-state index contributed by atoms with van der Waals surface area (Å²) in [6, 6.07) is 14.9. The van der Waals surface area contributed by atoms with Crippen molar-refractivity contribution in [3.8, 4) is 6.07 Å². The lowest BCUT2D eigenvalue weighted by Crippen LogP contribution is -2.49. The Balaban J connectivity index is 1.69. The van der Waals surface area contributed by atoms with E-state index in [2.05, 4.69) is 26.9 Å². The van der Waals surface area contributed by atoms with Crippen molar-refractivity contribution in [2.75, 3.05) is 31.1 Å². The minimum atomic E-state index is 0.0405. The number of nitriles is 1. The SMILES string of the molecule is N#Cc1cc(Cl)ccc1N1CCN(C(=O)c2ccc(Br)cc2)CC1. The molecule has 1 heterocycles. The van der Waals surface area contributed by atoms with Crippen LogP contribution in [0.3, 0.4) is 0 Å². The normalized spacial score (nSPS) is 14.4. The maximum absolute atomic E-state index is 12.5. The number of carbonyl (C=O) groups is 1. The van der Waals surface area contributed by atoms with E-state index in [-0.39, 0.29) is 5.91 Å². The summed E-state index contributed by atoms with van der Waals surface area (Å²) in [7, 11) is 0. The van der Waals surface area contributed by atoms with Gasteiger partial charge in [-0.2, -0.15) is 5.26 Å². The fraction of sp³-hybridized carbons (Fsp3) is 0.222. The molecule has 0 bridgehead atoms. The average Bonchev–Trinajstić information content (AvgIpc) is 2.62. The van der Waals surface area contributed by atoms with Gasteiger partial charge in [0, 0.05) is 41.2 Å². The van der Waals surface area contributed by atoms with Crippen molar-refractivity contribution >= 4 is 39.1 Å². The highest BCUT2D eigenvalue weighted by Crippen LogP contribution is 2.25. The van der Waals surface area contributed by atoms with Gasteiger partial charge < -0.3 is 9.80 Å². The predicted molar refractivity (Wildman–Crippen MR) is 98.4 cm³/mol. The van der Waals surface area contributed by atoms with Gasteiger partial charge in [-0.3, -0.25) is 4.79 Å². The molecule has 1 aliphatic rings. The van der Waals surface area contributed by atoms with Gasteiger partial charge in [0.2, 0.25) is 0 Å². The van der Waals surface area contributed by atoms with Crippen LogP contribution in [0.4, 0.5) is 5.69 Å². The van der Waals surface area contributed by atoms with Crippen LogP contribution in [0.5, 0.6) is 0 Å². The highest BCUT2D eigenvalue weighted by molar-refractivity contribution is 9.10. The lowest BCUT2D eigenvalue weighted by atomic mass is 10.1. The van der Waals surface area contributed by atoms with E-state index in [0.717, 1.165) is 10.2 Å². The molecule has 1 aliphatic heterocycles. The summed E-state index contributed by atoms with van der Waals surface area (Å²) in [5, 5.41) is 9.84. The van der Waals surface area contributed by atoms with E-state index in [1.165, 1.54) is 0 Å². The third kappa shape index (κ3) is 3.55. The summed E-state index contributed by atoms with van der Waals surface area (Å²) < 4.78 is 0.954. The third-order valence-electron chi connectivity index (χ3n) is 4.08. The van der Waals surface area contributed by atoms with Gasteiger partial charge in [-0.1, -0.05) is 27.5 Å². The van der Waals surface area contributed by atoms with Crippen LogP contribution in [0.15, 0.2) is 46.9 Å². The minimum Gasteiger partial charge on any atom is -0.367 e. The van der Waals surface area contributed by atoms with E-state index < -0.39 is 0 Å². The molecule has 3 rings (SSSR count). The number of nitrogens with zero attached hydrogens (tertiary/aromatic N) is 3. The zero-order chi connectivity index (χ0) is 17.1. The first-order valence-corrected chi connectivity index (χ1v) is 8.75. The van der Waals surface area contributed by atoms with Gasteiger partial charge in [0.15, 0.2) is 0 Å². The summed E-state index contributed by atoms with van der Waals surface area (Å²) >= 11 is 9.33. The molecule has 0 spiro atoms. The van der Waals surface area contributed by atoms with Gasteiger partial charge in [-0.25, -0.2) is 0 Å². The van der Waals surface area contributed by atoms with Gasteiger partial charge in [0.1, 0.15) is 6.07 Å². The lowest BCUT2D eigenvalue weighted by molar-refractivity contribution is 0.0747. The van der Waals surface area contributed by atoms with Crippen LogP contribution in [0, 0.1) is 11.3 Å². The van der Waals surface area contributed by atoms with Gasteiger partial charge >= 0.3 is 0 Å². The van der Waals surface area contributed by atoms with E-state index >= 15 is 0 Å². The molecule has 0 aromatic heterocycles. The molecule has 0 radical (unpaired) electrons. The number of benzene rings is 2. The first-order chi connectivity index (χ1) is 11.6. The number of hydrogen-bond acceptors (Lipinski definition) is 3. The van der Waals surface area contributed by atoms with Crippen LogP contribution < -0.4 is 4.90 Å². The number of carbonyl (C=O) groups excluding carboxylic acids is 1. The van der Waals surface area contributed by atoms with E-state index in [9.17, 15) is 10.1 Å². The van der Waals surface area contributed by atoms with Crippen LogP contribution in [-0.2, 0) is 0 Å². The number of rotatable bonds is 2. The van der Waals surface area contributed by atoms with Crippen molar-refractivity contribution in [2.45, 2.75) is 0 Å². The molecule has 122 valence electrons. The monoisotopic (exact) mass is 403 g/mol. The zero-order valence-corrected chi connectivity index (χ0v) is 15.2. The maximum atomic E-state index is 12.5. The molecule has 0 unspecified atom stereocenters. The largest absolute Gasteiger partial charge is 0.367 e. The maximum Gasteiger partial charge on any atom is 0.253 e. The van der Waals surface area contributed by atoms with Crippen molar-refractivity contribution < 1.29 is 4.79 Å². The summed E-state index contributed by atoms with van der Waals surface area (Å²) in [6.07, 6.45) is 0. The summed E-state index contributed by atoms with van der Waals surface area (Å²) in [5.74, 6) is 0.0405. The number of amides is 1. The Morgan fingerprint density at radius 1 is 1.08 bits per heavy atom. The molecule has 2 aromatic rings. The molecule has 6 heteroatoms. The highest BCUT2D eigenvalue weighted by atomic mass is 79.9. The predicted octanol–water partition coefficient (Wildman–Crippen LogP) is 3.94. The Morgan fingerprint density at radius 2 is 1.75 bits per heavy atom. The smallest absolute Gasteiger partial charge is 0.253 e. The van der Waals surface area contributed by atoms with Crippen LogP contribution in [0.25, 0.3) is 0 Å². The summed E-state index contributed by atoms with van der Waals surface area (Å²) in [6.45, 7) is 2.64. The first-order valence-electron chi connectivity index (χ1n) is 7.58.